The van der Waals surface area contributed by atoms with Gasteiger partial charge in [-0.05, 0) is 23.8 Å². The fourth-order valence-electron chi connectivity index (χ4n) is 2.66. The van der Waals surface area contributed by atoms with Crippen molar-refractivity contribution in [3.8, 4) is 11.9 Å². The van der Waals surface area contributed by atoms with E-state index in [1.165, 1.54) is 23.2 Å². The minimum atomic E-state index is -3.06. The molecule has 8 heteroatoms. The second-order valence-corrected chi connectivity index (χ2v) is 6.09. The highest BCUT2D eigenvalue weighted by Crippen LogP contribution is 2.31. The van der Waals surface area contributed by atoms with Crippen LogP contribution in [0.15, 0.2) is 30.5 Å². The summed E-state index contributed by atoms with van der Waals surface area (Å²) in [6.07, 6.45) is 1.38. The van der Waals surface area contributed by atoms with Crippen molar-refractivity contribution in [2.45, 2.75) is 25.9 Å². The van der Waals surface area contributed by atoms with Gasteiger partial charge in [-0.25, -0.2) is 18.2 Å². The van der Waals surface area contributed by atoms with Gasteiger partial charge in [0.05, 0.1) is 11.6 Å². The van der Waals surface area contributed by atoms with Crippen molar-refractivity contribution in [1.82, 2.24) is 9.88 Å². The van der Waals surface area contributed by atoms with E-state index in [1.807, 2.05) is 6.07 Å². The molecule has 26 heavy (non-hydrogen) atoms. The molecule has 2 heterocycles. The lowest BCUT2D eigenvalue weighted by Gasteiger charge is -2.16. The summed E-state index contributed by atoms with van der Waals surface area (Å²) in [5.41, 5.74) is 1.13. The van der Waals surface area contributed by atoms with E-state index in [1.54, 1.807) is 6.07 Å². The van der Waals surface area contributed by atoms with Crippen LogP contribution < -0.4 is 4.74 Å². The van der Waals surface area contributed by atoms with Gasteiger partial charge in [0.15, 0.2) is 6.61 Å². The predicted octanol–water partition coefficient (Wildman–Crippen LogP) is 3.28. The zero-order valence-electron chi connectivity index (χ0n) is 13.8. The molecular formula is C18H14F3N3O2. The Morgan fingerprint density at radius 3 is 2.81 bits per heavy atom. The molecule has 0 radical (unpaired) electrons. The average molecular weight is 361 g/mol. The summed E-state index contributed by atoms with van der Waals surface area (Å²) in [7, 11) is 0. The first-order valence-corrected chi connectivity index (χ1v) is 7.75. The largest absolute Gasteiger partial charge is 0.471 e. The molecule has 0 aliphatic carbocycles. The monoisotopic (exact) mass is 361 g/mol. The molecule has 1 aromatic carbocycles. The minimum Gasteiger partial charge on any atom is -0.471 e. The Hall–Kier alpha value is -3.08. The van der Waals surface area contributed by atoms with Crippen molar-refractivity contribution in [2.75, 3.05) is 6.61 Å². The Morgan fingerprint density at radius 1 is 1.38 bits per heavy atom. The Balaban J connectivity index is 1.81. The zero-order chi connectivity index (χ0) is 18.9. The van der Waals surface area contributed by atoms with Gasteiger partial charge >= 0.3 is 0 Å². The lowest BCUT2D eigenvalue weighted by Crippen LogP contribution is -2.25. The second-order valence-electron chi connectivity index (χ2n) is 6.09. The Kier molecular flexibility index (Phi) is 4.55. The van der Waals surface area contributed by atoms with Crippen molar-refractivity contribution >= 4 is 5.91 Å². The van der Waals surface area contributed by atoms with Crippen LogP contribution in [0.5, 0.6) is 5.88 Å². The molecule has 134 valence electrons. The molecule has 0 saturated carbocycles. The molecule has 1 aliphatic heterocycles. The summed E-state index contributed by atoms with van der Waals surface area (Å²) in [6.45, 7) is -0.0185. The van der Waals surface area contributed by atoms with Gasteiger partial charge in [-0.15, -0.1) is 0 Å². The third-order valence-electron chi connectivity index (χ3n) is 3.87. The Labute approximate surface area is 147 Å². The molecule has 0 atom stereocenters. The van der Waals surface area contributed by atoms with Crippen LogP contribution >= 0.6 is 0 Å². The standard InChI is InChI=1S/C18H14F3N3O2/c1-18(20,21)10-26-16-15-13(4-5-23-16)9-24(17(15)25)8-12-3-2-11(7-22)6-14(12)19/h2-6H,8-10H2,1H3. The molecule has 1 aromatic heterocycles. The highest BCUT2D eigenvalue weighted by atomic mass is 19.3. The summed E-state index contributed by atoms with van der Waals surface area (Å²) in [4.78, 5) is 17.9. The Bertz CT molecular complexity index is 904. The summed E-state index contributed by atoms with van der Waals surface area (Å²) >= 11 is 0. The lowest BCUT2D eigenvalue weighted by atomic mass is 10.1. The number of pyridine rings is 1. The molecule has 0 unspecified atom stereocenters. The number of rotatable bonds is 5. The van der Waals surface area contributed by atoms with E-state index in [9.17, 15) is 18.0 Å². The number of hydrogen-bond donors (Lipinski definition) is 0. The first-order valence-electron chi connectivity index (χ1n) is 7.75. The molecule has 0 fully saturated rings. The summed E-state index contributed by atoms with van der Waals surface area (Å²) in [6, 6.07) is 7.44. The van der Waals surface area contributed by atoms with Crippen LogP contribution in [0.3, 0.4) is 0 Å². The second kappa shape index (κ2) is 6.67. The van der Waals surface area contributed by atoms with Crippen LogP contribution in [-0.4, -0.2) is 28.3 Å². The van der Waals surface area contributed by atoms with E-state index in [0.29, 0.717) is 12.5 Å². The van der Waals surface area contributed by atoms with Crippen LogP contribution in [0.1, 0.15) is 34.0 Å². The van der Waals surface area contributed by atoms with Gasteiger partial charge in [-0.1, -0.05) is 6.07 Å². The summed E-state index contributed by atoms with van der Waals surface area (Å²) < 4.78 is 45.1. The summed E-state index contributed by atoms with van der Waals surface area (Å²) in [5, 5.41) is 8.78. The third kappa shape index (κ3) is 3.61. The van der Waals surface area contributed by atoms with E-state index in [0.717, 1.165) is 6.07 Å². The van der Waals surface area contributed by atoms with Crippen molar-refractivity contribution in [2.24, 2.45) is 0 Å². The van der Waals surface area contributed by atoms with E-state index in [2.05, 4.69) is 4.98 Å². The number of carbonyl (C=O) groups excluding carboxylic acids is 1. The van der Waals surface area contributed by atoms with E-state index in [4.69, 9.17) is 10.00 Å². The number of fused-ring (bicyclic) bond motifs is 1. The highest BCUT2D eigenvalue weighted by molar-refractivity contribution is 6.00. The van der Waals surface area contributed by atoms with E-state index in [-0.39, 0.29) is 35.7 Å². The van der Waals surface area contributed by atoms with Gasteiger partial charge < -0.3 is 9.64 Å². The molecule has 0 bridgehead atoms. The quantitative estimate of drug-likeness (QED) is 0.820. The van der Waals surface area contributed by atoms with Crippen LogP contribution in [0.2, 0.25) is 0 Å². The average Bonchev–Trinajstić information content (AvgIpc) is 2.90. The van der Waals surface area contributed by atoms with Crippen molar-refractivity contribution in [1.29, 1.82) is 5.26 Å². The number of alkyl halides is 2. The zero-order valence-corrected chi connectivity index (χ0v) is 13.8. The first kappa shape index (κ1) is 17.7. The number of hydrogen-bond acceptors (Lipinski definition) is 4. The SMILES string of the molecule is CC(F)(F)COc1nccc2c1C(=O)N(Cc1ccc(C#N)cc1F)C2. The van der Waals surface area contributed by atoms with Gasteiger partial charge in [-0.3, -0.25) is 4.79 Å². The molecule has 0 saturated heterocycles. The predicted molar refractivity (Wildman–Crippen MR) is 85.0 cm³/mol. The van der Waals surface area contributed by atoms with Crippen LogP contribution in [0, 0.1) is 17.1 Å². The third-order valence-corrected chi connectivity index (χ3v) is 3.87. The van der Waals surface area contributed by atoms with Gasteiger partial charge in [0.25, 0.3) is 11.8 Å². The van der Waals surface area contributed by atoms with Gasteiger partial charge in [-0.2, -0.15) is 5.26 Å². The smallest absolute Gasteiger partial charge is 0.278 e. The van der Waals surface area contributed by atoms with E-state index < -0.39 is 24.3 Å². The van der Waals surface area contributed by atoms with Crippen LogP contribution in [0.25, 0.3) is 0 Å². The number of halogens is 3. The van der Waals surface area contributed by atoms with Gasteiger partial charge in [0, 0.05) is 31.8 Å². The maximum Gasteiger partial charge on any atom is 0.278 e. The van der Waals surface area contributed by atoms with E-state index >= 15 is 0 Å². The number of ether oxygens (including phenoxy) is 1. The topological polar surface area (TPSA) is 66.2 Å². The molecule has 1 aliphatic rings. The number of aromatic nitrogens is 1. The molecule has 3 rings (SSSR count). The molecule has 2 aromatic rings. The molecule has 0 N–H and O–H groups in total. The van der Waals surface area contributed by atoms with Crippen LogP contribution in [0.4, 0.5) is 13.2 Å². The number of carbonyl (C=O) groups is 1. The highest BCUT2D eigenvalue weighted by Gasteiger charge is 2.33. The van der Waals surface area contributed by atoms with Crippen molar-refractivity contribution in [3.05, 3.63) is 58.5 Å². The first-order chi connectivity index (χ1) is 12.3. The minimum absolute atomic E-state index is 0.0194. The Morgan fingerprint density at radius 2 is 2.15 bits per heavy atom. The molecule has 5 nitrogen and oxygen atoms in total. The maximum atomic E-state index is 14.1. The van der Waals surface area contributed by atoms with Gasteiger partial charge in [0.1, 0.15) is 11.4 Å². The molecule has 0 spiro atoms. The number of benzene rings is 1. The normalized spacial score (nSPS) is 13.5. The fraction of sp³-hybridized carbons (Fsp3) is 0.278. The summed E-state index contributed by atoms with van der Waals surface area (Å²) in [5.74, 6) is -4.27. The lowest BCUT2D eigenvalue weighted by molar-refractivity contribution is -0.0245. The maximum absolute atomic E-state index is 14.1. The van der Waals surface area contributed by atoms with Crippen LogP contribution in [-0.2, 0) is 13.1 Å². The van der Waals surface area contributed by atoms with Gasteiger partial charge in [0.2, 0.25) is 5.88 Å². The number of nitrogens with zero attached hydrogens (tertiary/aromatic N) is 3. The number of nitriles is 1. The number of amides is 1. The fourth-order valence-corrected chi connectivity index (χ4v) is 2.66. The molecule has 1 amide bonds. The van der Waals surface area contributed by atoms with Crippen molar-refractivity contribution < 1.29 is 22.7 Å². The van der Waals surface area contributed by atoms with Crippen molar-refractivity contribution in [3.63, 3.8) is 0 Å². The molecular weight excluding hydrogens is 347 g/mol.